The molecule has 0 aliphatic rings. The fraction of sp³-hybridized carbons (Fsp3) is 0.364. The summed E-state index contributed by atoms with van der Waals surface area (Å²) < 4.78 is 0. The first-order valence-electron chi connectivity index (χ1n) is 9.29. The summed E-state index contributed by atoms with van der Waals surface area (Å²) in [6.07, 6.45) is 0.420. The standard InChI is InChI=1S/C22H28N2O3/c1-17(2)22(27)24(16-19-11-7-4-8-12-19)20(21(26)23-13-14-25)15-18-9-5-3-6-10-18/h3-12,17,20,25H,13-16H2,1-2H3,(H,23,26)/t20-/m0/s1. The lowest BCUT2D eigenvalue weighted by Gasteiger charge is -2.32. The summed E-state index contributed by atoms with van der Waals surface area (Å²) in [7, 11) is 0. The van der Waals surface area contributed by atoms with Crippen molar-refractivity contribution in [2.45, 2.75) is 32.9 Å². The Kier molecular flexibility index (Phi) is 8.01. The summed E-state index contributed by atoms with van der Waals surface area (Å²) in [6, 6.07) is 18.7. The number of aliphatic hydroxyl groups is 1. The molecule has 5 heteroatoms. The molecule has 0 bridgehead atoms. The maximum Gasteiger partial charge on any atom is 0.243 e. The van der Waals surface area contributed by atoms with Gasteiger partial charge in [0.2, 0.25) is 11.8 Å². The smallest absolute Gasteiger partial charge is 0.243 e. The highest BCUT2D eigenvalue weighted by Gasteiger charge is 2.31. The van der Waals surface area contributed by atoms with E-state index in [0.717, 1.165) is 11.1 Å². The number of hydrogen-bond acceptors (Lipinski definition) is 3. The topological polar surface area (TPSA) is 69.6 Å². The Morgan fingerprint density at radius 1 is 0.963 bits per heavy atom. The van der Waals surface area contributed by atoms with Crippen molar-refractivity contribution in [1.29, 1.82) is 0 Å². The Morgan fingerprint density at radius 3 is 2.04 bits per heavy atom. The number of aliphatic hydroxyl groups excluding tert-OH is 1. The van der Waals surface area contributed by atoms with Crippen molar-refractivity contribution in [3.63, 3.8) is 0 Å². The molecule has 144 valence electrons. The number of hydrogen-bond donors (Lipinski definition) is 2. The van der Waals surface area contributed by atoms with E-state index in [1.54, 1.807) is 4.90 Å². The number of carbonyl (C=O) groups excluding carboxylic acids is 2. The fourth-order valence-electron chi connectivity index (χ4n) is 2.93. The largest absolute Gasteiger partial charge is 0.395 e. The molecule has 2 aromatic rings. The second kappa shape index (κ2) is 10.5. The van der Waals surface area contributed by atoms with Crippen molar-refractivity contribution in [2.24, 2.45) is 5.92 Å². The van der Waals surface area contributed by atoms with Gasteiger partial charge < -0.3 is 15.3 Å². The molecular weight excluding hydrogens is 340 g/mol. The molecule has 2 rings (SSSR count). The third-order valence-corrected chi connectivity index (χ3v) is 4.33. The Balaban J connectivity index is 2.34. The first kappa shape index (κ1) is 20.6. The van der Waals surface area contributed by atoms with Gasteiger partial charge in [0.1, 0.15) is 6.04 Å². The van der Waals surface area contributed by atoms with Crippen LogP contribution in [-0.4, -0.2) is 41.0 Å². The molecule has 0 radical (unpaired) electrons. The molecule has 1 atom stereocenters. The number of carbonyl (C=O) groups is 2. The Morgan fingerprint density at radius 2 is 1.52 bits per heavy atom. The summed E-state index contributed by atoms with van der Waals surface area (Å²) in [5, 5.41) is 11.8. The van der Waals surface area contributed by atoms with Gasteiger partial charge in [-0.15, -0.1) is 0 Å². The van der Waals surface area contributed by atoms with Crippen molar-refractivity contribution in [3.05, 3.63) is 71.8 Å². The van der Waals surface area contributed by atoms with Crippen LogP contribution in [-0.2, 0) is 22.6 Å². The van der Waals surface area contributed by atoms with Gasteiger partial charge in [0.15, 0.2) is 0 Å². The van der Waals surface area contributed by atoms with Crippen LogP contribution in [0.15, 0.2) is 60.7 Å². The minimum Gasteiger partial charge on any atom is -0.395 e. The lowest BCUT2D eigenvalue weighted by Crippen LogP contribution is -2.52. The van der Waals surface area contributed by atoms with Crippen molar-refractivity contribution in [1.82, 2.24) is 10.2 Å². The second-order valence-corrected chi connectivity index (χ2v) is 6.83. The van der Waals surface area contributed by atoms with Crippen LogP contribution < -0.4 is 5.32 Å². The van der Waals surface area contributed by atoms with Gasteiger partial charge >= 0.3 is 0 Å². The summed E-state index contributed by atoms with van der Waals surface area (Å²) in [5.74, 6) is -0.547. The molecule has 2 amide bonds. The minimum absolute atomic E-state index is 0.0704. The molecule has 0 saturated carbocycles. The first-order chi connectivity index (χ1) is 13.0. The summed E-state index contributed by atoms with van der Waals surface area (Å²) in [6.45, 7) is 4.07. The first-order valence-corrected chi connectivity index (χ1v) is 9.29. The second-order valence-electron chi connectivity index (χ2n) is 6.83. The van der Waals surface area contributed by atoms with E-state index < -0.39 is 6.04 Å². The van der Waals surface area contributed by atoms with Crippen molar-refractivity contribution < 1.29 is 14.7 Å². The van der Waals surface area contributed by atoms with Crippen molar-refractivity contribution in [2.75, 3.05) is 13.2 Å². The number of nitrogens with one attached hydrogen (secondary N) is 1. The predicted molar refractivity (Wildman–Crippen MR) is 106 cm³/mol. The van der Waals surface area contributed by atoms with Crippen LogP contribution in [0.5, 0.6) is 0 Å². The molecule has 27 heavy (non-hydrogen) atoms. The Hall–Kier alpha value is -2.66. The van der Waals surface area contributed by atoms with Crippen molar-refractivity contribution in [3.8, 4) is 0 Å². The number of benzene rings is 2. The van der Waals surface area contributed by atoms with Gasteiger partial charge in [-0.1, -0.05) is 74.5 Å². The normalized spacial score (nSPS) is 11.9. The summed E-state index contributed by atoms with van der Waals surface area (Å²) in [5.41, 5.74) is 1.95. The zero-order chi connectivity index (χ0) is 19.6. The van der Waals surface area contributed by atoms with Gasteiger partial charge in [-0.25, -0.2) is 0 Å². The molecule has 2 aromatic carbocycles. The zero-order valence-corrected chi connectivity index (χ0v) is 16.0. The number of rotatable bonds is 9. The number of amides is 2. The molecule has 0 spiro atoms. The van der Waals surface area contributed by atoms with E-state index in [1.807, 2.05) is 74.5 Å². The van der Waals surface area contributed by atoms with Gasteiger partial charge in [0.25, 0.3) is 0 Å². The van der Waals surface area contributed by atoms with Crippen LogP contribution in [0, 0.1) is 5.92 Å². The van der Waals surface area contributed by atoms with Gasteiger partial charge in [0.05, 0.1) is 6.61 Å². The molecule has 0 heterocycles. The molecule has 0 aliphatic heterocycles. The van der Waals surface area contributed by atoms with Crippen LogP contribution >= 0.6 is 0 Å². The van der Waals surface area contributed by atoms with E-state index in [0.29, 0.717) is 13.0 Å². The highest BCUT2D eigenvalue weighted by atomic mass is 16.3. The molecule has 2 N–H and O–H groups in total. The van der Waals surface area contributed by atoms with E-state index in [4.69, 9.17) is 5.11 Å². The quantitative estimate of drug-likeness (QED) is 0.714. The van der Waals surface area contributed by atoms with Crippen LogP contribution in [0.25, 0.3) is 0 Å². The average molecular weight is 368 g/mol. The third-order valence-electron chi connectivity index (χ3n) is 4.33. The zero-order valence-electron chi connectivity index (χ0n) is 16.0. The Bertz CT molecular complexity index is 717. The van der Waals surface area contributed by atoms with E-state index >= 15 is 0 Å². The average Bonchev–Trinajstić information content (AvgIpc) is 2.69. The molecular formula is C22H28N2O3. The predicted octanol–water partition coefficient (Wildman–Crippen LogP) is 2.39. The van der Waals surface area contributed by atoms with E-state index in [9.17, 15) is 9.59 Å². The molecule has 0 unspecified atom stereocenters. The summed E-state index contributed by atoms with van der Waals surface area (Å²) >= 11 is 0. The maximum absolute atomic E-state index is 13.0. The third kappa shape index (κ3) is 6.22. The van der Waals surface area contributed by atoms with Gasteiger partial charge in [-0.3, -0.25) is 9.59 Å². The molecule has 0 aromatic heterocycles. The monoisotopic (exact) mass is 368 g/mol. The summed E-state index contributed by atoms with van der Waals surface area (Å²) in [4.78, 5) is 27.5. The van der Waals surface area contributed by atoms with E-state index in [-0.39, 0.29) is 30.9 Å². The lowest BCUT2D eigenvalue weighted by molar-refractivity contribution is -0.143. The van der Waals surface area contributed by atoms with Gasteiger partial charge in [-0.05, 0) is 11.1 Å². The highest BCUT2D eigenvalue weighted by Crippen LogP contribution is 2.17. The van der Waals surface area contributed by atoms with E-state index in [1.165, 1.54) is 0 Å². The molecule has 0 saturated heterocycles. The molecule has 0 aliphatic carbocycles. The van der Waals surface area contributed by atoms with E-state index in [2.05, 4.69) is 5.32 Å². The molecule has 0 fully saturated rings. The van der Waals surface area contributed by atoms with Crippen LogP contribution in [0.3, 0.4) is 0 Å². The van der Waals surface area contributed by atoms with Crippen LogP contribution in [0.4, 0.5) is 0 Å². The minimum atomic E-state index is -0.644. The fourth-order valence-corrected chi connectivity index (χ4v) is 2.93. The molecule has 5 nitrogen and oxygen atoms in total. The SMILES string of the molecule is CC(C)C(=O)N(Cc1ccccc1)[C@@H](Cc1ccccc1)C(=O)NCCO. The van der Waals surface area contributed by atoms with Gasteiger partial charge in [0, 0.05) is 25.4 Å². The number of nitrogens with zero attached hydrogens (tertiary/aromatic N) is 1. The Labute approximate surface area is 161 Å². The van der Waals surface area contributed by atoms with Crippen molar-refractivity contribution >= 4 is 11.8 Å². The lowest BCUT2D eigenvalue weighted by atomic mass is 10.0. The van der Waals surface area contributed by atoms with Crippen LogP contribution in [0.1, 0.15) is 25.0 Å². The highest BCUT2D eigenvalue weighted by molar-refractivity contribution is 5.88. The maximum atomic E-state index is 13.0. The van der Waals surface area contributed by atoms with Gasteiger partial charge in [-0.2, -0.15) is 0 Å². The van der Waals surface area contributed by atoms with Crippen LogP contribution in [0.2, 0.25) is 0 Å².